The summed E-state index contributed by atoms with van der Waals surface area (Å²) in [6.07, 6.45) is 0. The third-order valence-corrected chi connectivity index (χ3v) is 2.12. The molecule has 0 radical (unpaired) electrons. The van der Waals surface area contributed by atoms with Crippen molar-refractivity contribution in [3.05, 3.63) is 27.8 Å². The first kappa shape index (κ1) is 8.15. The van der Waals surface area contributed by atoms with Crippen LogP contribution < -0.4 is 0 Å². The molecule has 0 unspecified atom stereocenters. The SMILES string of the molecule is [Se]=C=Nc1ccccc1I. The van der Waals surface area contributed by atoms with E-state index in [-0.39, 0.29) is 0 Å². The Balaban J connectivity index is 3.14. The van der Waals surface area contributed by atoms with Gasteiger partial charge in [0.25, 0.3) is 0 Å². The molecular formula is C7H4INSe. The summed E-state index contributed by atoms with van der Waals surface area (Å²) >= 11 is 4.83. The number of rotatable bonds is 1. The maximum absolute atomic E-state index is 3.99. The van der Waals surface area contributed by atoms with Crippen molar-refractivity contribution in [3.8, 4) is 0 Å². The van der Waals surface area contributed by atoms with Gasteiger partial charge in [0, 0.05) is 0 Å². The zero-order chi connectivity index (χ0) is 7.40. The van der Waals surface area contributed by atoms with Crippen LogP contribution in [0, 0.1) is 3.57 Å². The Hall–Kier alpha value is 0.0495. The van der Waals surface area contributed by atoms with Gasteiger partial charge >= 0.3 is 81.4 Å². The second-order valence-corrected chi connectivity index (χ2v) is 3.20. The monoisotopic (exact) mass is 309 g/mol. The molecule has 0 aliphatic carbocycles. The van der Waals surface area contributed by atoms with E-state index in [2.05, 4.69) is 47.9 Å². The van der Waals surface area contributed by atoms with Crippen LogP contribution in [0.1, 0.15) is 0 Å². The van der Waals surface area contributed by atoms with Crippen LogP contribution in [0.2, 0.25) is 0 Å². The second kappa shape index (κ2) is 4.04. The zero-order valence-electron chi connectivity index (χ0n) is 5.04. The molecule has 0 heterocycles. The molecule has 0 bridgehead atoms. The van der Waals surface area contributed by atoms with Crippen LogP contribution in [-0.2, 0) is 0 Å². The molecule has 1 aromatic rings. The molecule has 0 spiro atoms. The molecule has 1 aromatic carbocycles. The molecule has 0 N–H and O–H groups in total. The number of halogens is 1. The fourth-order valence-electron chi connectivity index (χ4n) is 0.592. The van der Waals surface area contributed by atoms with Crippen LogP contribution >= 0.6 is 22.6 Å². The third kappa shape index (κ3) is 2.03. The van der Waals surface area contributed by atoms with E-state index < -0.39 is 0 Å². The van der Waals surface area contributed by atoms with E-state index in [1.807, 2.05) is 24.3 Å². The minimum atomic E-state index is 0.960. The molecule has 0 aliphatic rings. The standard InChI is InChI=1S/C7H4INSe/c8-6-3-1-2-4-7(6)9-5-10/h1-4H. The van der Waals surface area contributed by atoms with Crippen molar-refractivity contribution in [2.75, 3.05) is 0 Å². The van der Waals surface area contributed by atoms with Gasteiger partial charge in [0.05, 0.1) is 0 Å². The van der Waals surface area contributed by atoms with E-state index in [9.17, 15) is 0 Å². The van der Waals surface area contributed by atoms with Gasteiger partial charge in [-0.2, -0.15) is 0 Å². The quantitative estimate of drug-likeness (QED) is 0.427. The molecule has 10 heavy (non-hydrogen) atoms. The van der Waals surface area contributed by atoms with Gasteiger partial charge in [-0.25, -0.2) is 0 Å². The van der Waals surface area contributed by atoms with E-state index in [1.165, 1.54) is 0 Å². The molecule has 0 aliphatic heterocycles. The Morgan fingerprint density at radius 2 is 2.10 bits per heavy atom. The fourth-order valence-corrected chi connectivity index (χ4v) is 1.31. The molecule has 0 aromatic heterocycles. The van der Waals surface area contributed by atoms with Crippen molar-refractivity contribution in [2.45, 2.75) is 0 Å². The average Bonchev–Trinajstić information content (AvgIpc) is 1.94. The number of hydrogen-bond acceptors (Lipinski definition) is 1. The first-order valence-electron chi connectivity index (χ1n) is 2.67. The van der Waals surface area contributed by atoms with Gasteiger partial charge in [-0.1, -0.05) is 0 Å². The third-order valence-electron chi connectivity index (χ3n) is 1.02. The van der Waals surface area contributed by atoms with Crippen LogP contribution in [0.4, 0.5) is 5.69 Å². The van der Waals surface area contributed by atoms with E-state index in [0.717, 1.165) is 9.26 Å². The Bertz CT molecular complexity index is 279. The molecular weight excluding hydrogens is 304 g/mol. The molecule has 1 nitrogen and oxygen atoms in total. The van der Waals surface area contributed by atoms with Gasteiger partial charge in [-0.15, -0.1) is 0 Å². The van der Waals surface area contributed by atoms with E-state index in [0.29, 0.717) is 0 Å². The van der Waals surface area contributed by atoms with Gasteiger partial charge in [0.15, 0.2) is 0 Å². The Kier molecular flexibility index (Phi) is 3.29. The van der Waals surface area contributed by atoms with Crippen LogP contribution in [0.5, 0.6) is 0 Å². The summed E-state index contributed by atoms with van der Waals surface area (Å²) < 4.78 is 3.76. The predicted octanol–water partition coefficient (Wildman–Crippen LogP) is 2.00. The summed E-state index contributed by atoms with van der Waals surface area (Å²) in [6, 6.07) is 7.90. The summed E-state index contributed by atoms with van der Waals surface area (Å²) in [7, 11) is 0. The fraction of sp³-hybridized carbons (Fsp3) is 0. The van der Waals surface area contributed by atoms with Crippen molar-refractivity contribution < 1.29 is 0 Å². The summed E-state index contributed by atoms with van der Waals surface area (Å²) in [5.41, 5.74) is 0.960. The predicted molar refractivity (Wildman–Crippen MR) is 52.0 cm³/mol. The van der Waals surface area contributed by atoms with E-state index in [4.69, 9.17) is 0 Å². The molecule has 3 heteroatoms. The van der Waals surface area contributed by atoms with E-state index >= 15 is 0 Å². The zero-order valence-corrected chi connectivity index (χ0v) is 8.91. The summed E-state index contributed by atoms with van der Waals surface area (Å²) in [5, 5.41) is 0. The Labute approximate surface area is 81.1 Å². The minimum absolute atomic E-state index is 0.960. The van der Waals surface area contributed by atoms with Crippen molar-refractivity contribution in [1.82, 2.24) is 0 Å². The van der Waals surface area contributed by atoms with Crippen LogP contribution in [0.25, 0.3) is 0 Å². The average molecular weight is 308 g/mol. The summed E-state index contributed by atoms with van der Waals surface area (Å²) in [5.74, 6) is 0. The summed E-state index contributed by atoms with van der Waals surface area (Å²) in [6.45, 7) is 0. The molecule has 0 fully saturated rings. The van der Waals surface area contributed by atoms with Gasteiger partial charge < -0.3 is 0 Å². The second-order valence-electron chi connectivity index (χ2n) is 1.65. The van der Waals surface area contributed by atoms with Crippen molar-refractivity contribution >= 4 is 48.6 Å². The van der Waals surface area contributed by atoms with Crippen LogP contribution in [0.3, 0.4) is 0 Å². The number of para-hydroxylation sites is 1. The Morgan fingerprint density at radius 1 is 1.40 bits per heavy atom. The molecule has 0 amide bonds. The van der Waals surface area contributed by atoms with Crippen LogP contribution in [-0.4, -0.2) is 20.3 Å². The first-order chi connectivity index (χ1) is 4.84. The molecule has 0 saturated carbocycles. The number of benzene rings is 1. The Morgan fingerprint density at radius 3 is 2.70 bits per heavy atom. The van der Waals surface area contributed by atoms with Crippen molar-refractivity contribution in [1.29, 1.82) is 0 Å². The van der Waals surface area contributed by atoms with Crippen molar-refractivity contribution in [3.63, 3.8) is 0 Å². The topological polar surface area (TPSA) is 12.4 Å². The van der Waals surface area contributed by atoms with Gasteiger partial charge in [0.2, 0.25) is 0 Å². The number of nitrogens with zero attached hydrogens (tertiary/aromatic N) is 1. The van der Waals surface area contributed by atoms with Gasteiger partial charge in [0.1, 0.15) is 0 Å². The molecule has 1 rings (SSSR count). The molecule has 0 atom stereocenters. The van der Waals surface area contributed by atoms with E-state index in [1.54, 1.807) is 0 Å². The first-order valence-corrected chi connectivity index (χ1v) is 4.60. The maximum atomic E-state index is 3.99. The van der Waals surface area contributed by atoms with Gasteiger partial charge in [-0.3, -0.25) is 0 Å². The van der Waals surface area contributed by atoms with Crippen LogP contribution in [0.15, 0.2) is 29.3 Å². The summed E-state index contributed by atoms with van der Waals surface area (Å²) in [4.78, 5) is 3.99. The van der Waals surface area contributed by atoms with Crippen molar-refractivity contribution in [2.24, 2.45) is 4.99 Å². The molecule has 0 saturated heterocycles. The van der Waals surface area contributed by atoms with Gasteiger partial charge in [-0.05, 0) is 0 Å². The number of hydrogen-bond donors (Lipinski definition) is 0. The number of aliphatic imine (C=N–C) groups is 1. The molecule has 50 valence electrons. The normalized spacial score (nSPS) is 8.50.